The summed E-state index contributed by atoms with van der Waals surface area (Å²) in [5, 5.41) is 78.5. The first kappa shape index (κ1) is 21.6. The average Bonchev–Trinajstić information content (AvgIpc) is 2.75. The Kier molecular flexibility index (Phi) is 5.09. The van der Waals surface area contributed by atoms with E-state index in [-0.39, 0.29) is 34.8 Å². The molecule has 1 aliphatic heterocycles. The van der Waals surface area contributed by atoms with Gasteiger partial charge in [0.25, 0.3) is 0 Å². The lowest BCUT2D eigenvalue weighted by Gasteiger charge is -2.34. The molecule has 0 amide bonds. The lowest BCUT2D eigenvalue weighted by molar-refractivity contribution is -0.0191. The Hall–Kier alpha value is -4.67. The van der Waals surface area contributed by atoms with Crippen LogP contribution >= 0.6 is 0 Å². The van der Waals surface area contributed by atoms with Gasteiger partial charge in [-0.15, -0.1) is 0 Å². The third-order valence-corrected chi connectivity index (χ3v) is 5.20. The van der Waals surface area contributed by atoms with Crippen LogP contribution in [0.25, 0.3) is 0 Å². The Bertz CT molecular complexity index is 1240. The van der Waals surface area contributed by atoms with Gasteiger partial charge in [0.1, 0.15) is 28.9 Å². The molecule has 0 fully saturated rings. The van der Waals surface area contributed by atoms with Gasteiger partial charge in [0, 0.05) is 29.7 Å². The zero-order chi connectivity index (χ0) is 24.0. The Morgan fingerprint density at radius 2 is 1.45 bits per heavy atom. The van der Waals surface area contributed by atoms with Crippen molar-refractivity contribution in [3.63, 3.8) is 0 Å². The van der Waals surface area contributed by atoms with E-state index in [2.05, 4.69) is 0 Å². The van der Waals surface area contributed by atoms with Gasteiger partial charge in [-0.3, -0.25) is 0 Å². The second kappa shape index (κ2) is 7.79. The summed E-state index contributed by atoms with van der Waals surface area (Å²) < 4.78 is 11.3. The molecule has 0 bridgehead atoms. The molecule has 3 aromatic carbocycles. The van der Waals surface area contributed by atoms with Crippen LogP contribution in [-0.4, -0.2) is 52.9 Å². The fourth-order valence-corrected chi connectivity index (χ4v) is 3.56. The minimum atomic E-state index is -1.21. The Labute approximate surface area is 185 Å². The largest absolute Gasteiger partial charge is 0.508 e. The summed E-state index contributed by atoms with van der Waals surface area (Å²) in [6.07, 6.45) is -2.56. The molecule has 3 aromatic rings. The Morgan fingerprint density at radius 3 is 2.12 bits per heavy atom. The first-order valence-electron chi connectivity index (χ1n) is 9.48. The van der Waals surface area contributed by atoms with Crippen molar-refractivity contribution in [2.24, 2.45) is 0 Å². The van der Waals surface area contributed by atoms with E-state index in [1.165, 1.54) is 6.07 Å². The summed E-state index contributed by atoms with van der Waals surface area (Å²) in [6, 6.07) is 6.40. The topological polar surface area (TPSA) is 197 Å². The number of rotatable bonds is 3. The zero-order valence-corrected chi connectivity index (χ0v) is 16.6. The lowest BCUT2D eigenvalue weighted by Crippen LogP contribution is -2.34. The van der Waals surface area contributed by atoms with Gasteiger partial charge in [-0.1, -0.05) is 0 Å². The average molecular weight is 458 g/mol. The number of phenols is 8. The fourth-order valence-electron chi connectivity index (χ4n) is 3.56. The van der Waals surface area contributed by atoms with Crippen molar-refractivity contribution < 1.29 is 55.1 Å². The number of carbonyl (C=O) groups excluding carboxylic acids is 1. The molecule has 172 valence electrons. The van der Waals surface area contributed by atoms with Gasteiger partial charge in [0.05, 0.1) is 0 Å². The molecular formula is C22H18O11. The number of carbonyl (C=O) groups is 1. The van der Waals surface area contributed by atoms with Crippen LogP contribution in [0.2, 0.25) is 0 Å². The predicted octanol–water partition coefficient (Wildman–Crippen LogP) is 2.23. The number of ether oxygens (including phenoxy) is 2. The molecule has 0 spiro atoms. The maximum atomic E-state index is 12.7. The highest BCUT2D eigenvalue weighted by Gasteiger charge is 2.37. The minimum Gasteiger partial charge on any atom is -0.508 e. The molecule has 0 aliphatic carbocycles. The normalized spacial score (nSPS) is 17.1. The quantitative estimate of drug-likeness (QED) is 0.212. The molecular weight excluding hydrogens is 440 g/mol. The number of fused-ring (bicyclic) bond motifs is 1. The van der Waals surface area contributed by atoms with Crippen molar-refractivity contribution in [3.8, 4) is 51.7 Å². The van der Waals surface area contributed by atoms with E-state index in [9.17, 15) is 45.6 Å². The molecule has 0 radical (unpaired) electrons. The van der Waals surface area contributed by atoms with Crippen LogP contribution in [0.4, 0.5) is 0 Å². The molecule has 0 unspecified atom stereocenters. The second-order valence-corrected chi connectivity index (χ2v) is 7.37. The van der Waals surface area contributed by atoms with Gasteiger partial charge >= 0.3 is 5.97 Å². The summed E-state index contributed by atoms with van der Waals surface area (Å²) in [5.74, 6) is -6.34. The SMILES string of the molecule is O=C(O[C@H]1Cc2c(O)cc(O)cc2O[C@@H]1c1cc(O)c(O)c(O)c1)c1ccc(O)c(O)c1O. The minimum absolute atomic E-state index is 0.0435. The highest BCUT2D eigenvalue weighted by Crippen LogP contribution is 2.46. The molecule has 2 atom stereocenters. The van der Waals surface area contributed by atoms with E-state index in [1.54, 1.807) is 0 Å². The smallest absolute Gasteiger partial charge is 0.342 e. The van der Waals surface area contributed by atoms with Crippen LogP contribution in [0, 0.1) is 0 Å². The molecule has 1 heterocycles. The molecule has 8 N–H and O–H groups in total. The van der Waals surface area contributed by atoms with E-state index in [0.717, 1.165) is 30.3 Å². The number of aromatic hydroxyl groups is 8. The predicted molar refractivity (Wildman–Crippen MR) is 109 cm³/mol. The number of phenolic OH excluding ortho intramolecular Hbond substituents is 8. The van der Waals surface area contributed by atoms with Crippen LogP contribution in [0.3, 0.4) is 0 Å². The van der Waals surface area contributed by atoms with Gasteiger partial charge in [0.15, 0.2) is 34.9 Å². The van der Waals surface area contributed by atoms with E-state index in [1.807, 2.05) is 0 Å². The Morgan fingerprint density at radius 1 is 0.788 bits per heavy atom. The Balaban J connectivity index is 1.76. The summed E-state index contributed by atoms with van der Waals surface area (Å²) in [7, 11) is 0. The fraction of sp³-hybridized carbons (Fsp3) is 0.136. The van der Waals surface area contributed by atoms with Crippen LogP contribution in [0.15, 0.2) is 36.4 Å². The zero-order valence-electron chi connectivity index (χ0n) is 16.6. The maximum absolute atomic E-state index is 12.7. The van der Waals surface area contributed by atoms with Crippen molar-refractivity contribution in [2.45, 2.75) is 18.6 Å². The van der Waals surface area contributed by atoms with Gasteiger partial charge in [0.2, 0.25) is 5.75 Å². The second-order valence-electron chi connectivity index (χ2n) is 7.37. The molecule has 0 saturated carbocycles. The van der Waals surface area contributed by atoms with E-state index < -0.39 is 58.2 Å². The van der Waals surface area contributed by atoms with E-state index in [0.29, 0.717) is 0 Å². The summed E-state index contributed by atoms with van der Waals surface area (Å²) in [6.45, 7) is 0. The lowest BCUT2D eigenvalue weighted by atomic mass is 9.93. The van der Waals surface area contributed by atoms with Crippen molar-refractivity contribution in [1.29, 1.82) is 0 Å². The van der Waals surface area contributed by atoms with Crippen LogP contribution in [0.1, 0.15) is 27.6 Å². The van der Waals surface area contributed by atoms with Crippen LogP contribution < -0.4 is 4.74 Å². The molecule has 1 aliphatic rings. The van der Waals surface area contributed by atoms with Gasteiger partial charge in [-0.2, -0.15) is 0 Å². The number of hydrogen-bond acceptors (Lipinski definition) is 11. The third-order valence-electron chi connectivity index (χ3n) is 5.20. The van der Waals surface area contributed by atoms with Crippen molar-refractivity contribution in [3.05, 3.63) is 53.1 Å². The summed E-state index contributed by atoms with van der Waals surface area (Å²) >= 11 is 0. The number of hydrogen-bond donors (Lipinski definition) is 8. The molecule has 0 saturated heterocycles. The first-order chi connectivity index (χ1) is 15.6. The van der Waals surface area contributed by atoms with Crippen molar-refractivity contribution in [2.75, 3.05) is 0 Å². The number of benzene rings is 3. The third kappa shape index (κ3) is 3.76. The van der Waals surface area contributed by atoms with E-state index >= 15 is 0 Å². The molecule has 11 heteroatoms. The monoisotopic (exact) mass is 458 g/mol. The molecule has 11 nitrogen and oxygen atoms in total. The molecule has 4 rings (SSSR count). The van der Waals surface area contributed by atoms with Crippen LogP contribution in [0.5, 0.6) is 51.7 Å². The highest BCUT2D eigenvalue weighted by atomic mass is 16.6. The summed E-state index contributed by atoms with van der Waals surface area (Å²) in [5.41, 5.74) is -0.208. The highest BCUT2D eigenvalue weighted by molar-refractivity contribution is 5.94. The standard InChI is InChI=1S/C22H18O11/c23-9-5-13(25)11-7-17(33-22(31)10-1-2-12(24)20(30)18(10)28)21(32-16(11)6-9)8-3-14(26)19(29)15(27)4-8/h1-6,17,21,23-30H,7H2/t17-,21+/m0/s1. The number of esters is 1. The van der Waals surface area contributed by atoms with Crippen LogP contribution in [-0.2, 0) is 11.2 Å². The first-order valence-corrected chi connectivity index (χ1v) is 9.48. The molecule has 33 heavy (non-hydrogen) atoms. The van der Waals surface area contributed by atoms with E-state index in [4.69, 9.17) is 9.47 Å². The molecule has 0 aromatic heterocycles. The van der Waals surface area contributed by atoms with Gasteiger partial charge in [-0.25, -0.2) is 4.79 Å². The van der Waals surface area contributed by atoms with Crippen molar-refractivity contribution in [1.82, 2.24) is 0 Å². The van der Waals surface area contributed by atoms with Gasteiger partial charge in [-0.05, 0) is 24.3 Å². The summed E-state index contributed by atoms with van der Waals surface area (Å²) in [4.78, 5) is 12.7. The van der Waals surface area contributed by atoms with Crippen molar-refractivity contribution >= 4 is 5.97 Å². The van der Waals surface area contributed by atoms with Gasteiger partial charge < -0.3 is 50.3 Å². The maximum Gasteiger partial charge on any atom is 0.342 e.